The Hall–Kier alpha value is -1.08. The molecular formula is C16H25N. The summed E-state index contributed by atoms with van der Waals surface area (Å²) in [6.07, 6.45) is 3.39. The fourth-order valence-corrected chi connectivity index (χ4v) is 1.87. The minimum atomic E-state index is 0.714. The lowest BCUT2D eigenvalue weighted by Crippen LogP contribution is -2.21. The van der Waals surface area contributed by atoms with Crippen LogP contribution in [0.3, 0.4) is 0 Å². The first-order valence-electron chi connectivity index (χ1n) is 6.59. The SMILES string of the molecule is CCc1ccccc1C=C(C)CNCC(C)C. The quantitative estimate of drug-likeness (QED) is 0.783. The Morgan fingerprint density at radius 1 is 1.29 bits per heavy atom. The molecular weight excluding hydrogens is 206 g/mol. The van der Waals surface area contributed by atoms with E-state index in [1.165, 1.54) is 16.7 Å². The summed E-state index contributed by atoms with van der Waals surface area (Å²) in [5.41, 5.74) is 4.18. The molecule has 0 saturated heterocycles. The second-order valence-corrected chi connectivity index (χ2v) is 5.07. The zero-order valence-electron chi connectivity index (χ0n) is 11.6. The van der Waals surface area contributed by atoms with Gasteiger partial charge in [0.15, 0.2) is 0 Å². The van der Waals surface area contributed by atoms with Crippen molar-refractivity contribution in [2.45, 2.75) is 34.1 Å². The summed E-state index contributed by atoms with van der Waals surface area (Å²) in [6.45, 7) is 10.9. The van der Waals surface area contributed by atoms with Gasteiger partial charge >= 0.3 is 0 Å². The normalized spacial score (nSPS) is 12.2. The van der Waals surface area contributed by atoms with Gasteiger partial charge in [-0.25, -0.2) is 0 Å². The van der Waals surface area contributed by atoms with Gasteiger partial charge in [0.25, 0.3) is 0 Å². The van der Waals surface area contributed by atoms with E-state index in [9.17, 15) is 0 Å². The van der Waals surface area contributed by atoms with Crippen molar-refractivity contribution in [2.75, 3.05) is 13.1 Å². The van der Waals surface area contributed by atoms with Gasteiger partial charge in [-0.3, -0.25) is 0 Å². The molecule has 0 spiro atoms. The van der Waals surface area contributed by atoms with Crippen LogP contribution in [0.2, 0.25) is 0 Å². The average Bonchev–Trinajstić information content (AvgIpc) is 2.29. The Labute approximate surface area is 106 Å². The standard InChI is InChI=1S/C16H25N/c1-5-15-8-6-7-9-16(15)10-14(4)12-17-11-13(2)3/h6-10,13,17H,5,11-12H2,1-4H3. The van der Waals surface area contributed by atoms with E-state index in [1.54, 1.807) is 0 Å². The lowest BCUT2D eigenvalue weighted by atomic mass is 10.0. The topological polar surface area (TPSA) is 12.0 Å². The van der Waals surface area contributed by atoms with Crippen LogP contribution in [0.15, 0.2) is 29.8 Å². The number of benzene rings is 1. The molecule has 1 heteroatoms. The van der Waals surface area contributed by atoms with Gasteiger partial charge in [-0.1, -0.05) is 56.7 Å². The van der Waals surface area contributed by atoms with Crippen LogP contribution in [0.4, 0.5) is 0 Å². The van der Waals surface area contributed by atoms with Crippen LogP contribution < -0.4 is 5.32 Å². The van der Waals surface area contributed by atoms with Crippen molar-refractivity contribution in [1.29, 1.82) is 0 Å². The molecule has 0 radical (unpaired) electrons. The number of hydrogen-bond donors (Lipinski definition) is 1. The molecule has 1 nitrogen and oxygen atoms in total. The molecule has 0 atom stereocenters. The second kappa shape index (κ2) is 7.29. The predicted octanol–water partition coefficient (Wildman–Crippen LogP) is 3.90. The van der Waals surface area contributed by atoms with Gasteiger partial charge < -0.3 is 5.32 Å². The van der Waals surface area contributed by atoms with Crippen molar-refractivity contribution in [3.05, 3.63) is 41.0 Å². The van der Waals surface area contributed by atoms with Gasteiger partial charge in [-0.15, -0.1) is 0 Å². The maximum Gasteiger partial charge on any atom is 0.0165 e. The van der Waals surface area contributed by atoms with Gasteiger partial charge in [-0.2, -0.15) is 0 Å². The summed E-state index contributed by atoms with van der Waals surface area (Å²) in [5.74, 6) is 0.714. The maximum atomic E-state index is 3.47. The first-order chi connectivity index (χ1) is 8.13. The first-order valence-corrected chi connectivity index (χ1v) is 6.59. The third-order valence-corrected chi connectivity index (χ3v) is 2.79. The summed E-state index contributed by atoms with van der Waals surface area (Å²) < 4.78 is 0. The molecule has 0 aromatic heterocycles. The van der Waals surface area contributed by atoms with E-state index in [4.69, 9.17) is 0 Å². The van der Waals surface area contributed by atoms with E-state index < -0.39 is 0 Å². The molecule has 1 rings (SSSR count). The fraction of sp³-hybridized carbons (Fsp3) is 0.500. The Balaban J connectivity index is 2.60. The Morgan fingerprint density at radius 2 is 2.00 bits per heavy atom. The fourth-order valence-electron chi connectivity index (χ4n) is 1.87. The minimum Gasteiger partial charge on any atom is -0.313 e. The molecule has 0 aliphatic heterocycles. The molecule has 94 valence electrons. The van der Waals surface area contributed by atoms with E-state index in [2.05, 4.69) is 63.4 Å². The molecule has 17 heavy (non-hydrogen) atoms. The summed E-state index contributed by atoms with van der Waals surface area (Å²) in [5, 5.41) is 3.47. The number of rotatable bonds is 6. The third kappa shape index (κ3) is 5.18. The number of nitrogens with one attached hydrogen (secondary N) is 1. The van der Waals surface area contributed by atoms with E-state index in [-0.39, 0.29) is 0 Å². The molecule has 0 aliphatic carbocycles. The highest BCUT2D eigenvalue weighted by molar-refractivity contribution is 5.56. The van der Waals surface area contributed by atoms with E-state index in [0.29, 0.717) is 5.92 Å². The van der Waals surface area contributed by atoms with E-state index in [1.807, 2.05) is 0 Å². The van der Waals surface area contributed by atoms with Crippen molar-refractivity contribution >= 4 is 6.08 Å². The van der Waals surface area contributed by atoms with Crippen molar-refractivity contribution < 1.29 is 0 Å². The van der Waals surface area contributed by atoms with Crippen LogP contribution in [-0.2, 0) is 6.42 Å². The molecule has 0 unspecified atom stereocenters. The molecule has 0 saturated carbocycles. The van der Waals surface area contributed by atoms with Crippen molar-refractivity contribution in [2.24, 2.45) is 5.92 Å². The Bertz CT molecular complexity index is 364. The van der Waals surface area contributed by atoms with Crippen LogP contribution in [0, 0.1) is 5.92 Å². The zero-order chi connectivity index (χ0) is 12.7. The Kier molecular flexibility index (Phi) is 5.99. The van der Waals surface area contributed by atoms with Crippen molar-refractivity contribution in [3.63, 3.8) is 0 Å². The molecule has 0 bridgehead atoms. The molecule has 0 fully saturated rings. The minimum absolute atomic E-state index is 0.714. The second-order valence-electron chi connectivity index (χ2n) is 5.07. The van der Waals surface area contributed by atoms with Gasteiger partial charge in [0.1, 0.15) is 0 Å². The van der Waals surface area contributed by atoms with Crippen molar-refractivity contribution in [3.8, 4) is 0 Å². The van der Waals surface area contributed by atoms with Gasteiger partial charge in [0.05, 0.1) is 0 Å². The summed E-state index contributed by atoms with van der Waals surface area (Å²) >= 11 is 0. The highest BCUT2D eigenvalue weighted by atomic mass is 14.8. The third-order valence-electron chi connectivity index (χ3n) is 2.79. The van der Waals surface area contributed by atoms with Gasteiger partial charge in [-0.05, 0) is 36.9 Å². The van der Waals surface area contributed by atoms with Gasteiger partial charge in [0.2, 0.25) is 0 Å². The number of aryl methyl sites for hydroxylation is 1. The predicted molar refractivity (Wildman–Crippen MR) is 77.2 cm³/mol. The summed E-state index contributed by atoms with van der Waals surface area (Å²) in [7, 11) is 0. The summed E-state index contributed by atoms with van der Waals surface area (Å²) in [6, 6.07) is 8.63. The average molecular weight is 231 g/mol. The highest BCUT2D eigenvalue weighted by Gasteiger charge is 1.98. The molecule has 0 aliphatic rings. The largest absolute Gasteiger partial charge is 0.313 e. The van der Waals surface area contributed by atoms with Crippen LogP contribution in [-0.4, -0.2) is 13.1 Å². The van der Waals surface area contributed by atoms with Crippen molar-refractivity contribution in [1.82, 2.24) is 5.32 Å². The van der Waals surface area contributed by atoms with Crippen LogP contribution in [0.5, 0.6) is 0 Å². The number of hydrogen-bond acceptors (Lipinski definition) is 1. The molecule has 0 heterocycles. The zero-order valence-corrected chi connectivity index (χ0v) is 11.6. The van der Waals surface area contributed by atoms with E-state index >= 15 is 0 Å². The summed E-state index contributed by atoms with van der Waals surface area (Å²) in [4.78, 5) is 0. The van der Waals surface area contributed by atoms with Crippen LogP contribution in [0.25, 0.3) is 6.08 Å². The first kappa shape index (κ1) is 14.0. The van der Waals surface area contributed by atoms with E-state index in [0.717, 1.165) is 19.5 Å². The molecule has 1 aromatic rings. The smallest absolute Gasteiger partial charge is 0.0165 e. The molecule has 0 amide bonds. The molecule has 1 aromatic carbocycles. The monoisotopic (exact) mass is 231 g/mol. The van der Waals surface area contributed by atoms with Crippen LogP contribution >= 0.6 is 0 Å². The lowest BCUT2D eigenvalue weighted by Gasteiger charge is -2.09. The van der Waals surface area contributed by atoms with Crippen LogP contribution in [0.1, 0.15) is 38.8 Å². The molecule has 1 N–H and O–H groups in total. The highest BCUT2D eigenvalue weighted by Crippen LogP contribution is 2.13. The Morgan fingerprint density at radius 3 is 2.65 bits per heavy atom. The van der Waals surface area contributed by atoms with Gasteiger partial charge in [0, 0.05) is 6.54 Å². The lowest BCUT2D eigenvalue weighted by molar-refractivity contribution is 0.572. The maximum absolute atomic E-state index is 3.47.